The zero-order valence-corrected chi connectivity index (χ0v) is 8.77. The molecular weight excluding hydrogens is 206 g/mol. The molecule has 0 unspecified atom stereocenters. The Balaban J connectivity index is 2.30. The van der Waals surface area contributed by atoms with Gasteiger partial charge in [0.2, 0.25) is 0 Å². The Labute approximate surface area is 82.0 Å². The quantitative estimate of drug-likeness (QED) is 0.753. The molecule has 2 heterocycles. The molecule has 1 aromatic rings. The zero-order valence-electron chi connectivity index (χ0n) is 7.14. The van der Waals surface area contributed by atoms with Gasteiger partial charge < -0.3 is 0 Å². The van der Waals surface area contributed by atoms with E-state index in [4.69, 9.17) is 0 Å². The van der Waals surface area contributed by atoms with Crippen molar-refractivity contribution in [3.8, 4) is 0 Å². The smallest absolute Gasteiger partial charge is 0.206 e. The number of sulfonamides is 1. The molecule has 1 fully saturated rings. The van der Waals surface area contributed by atoms with Gasteiger partial charge in [-0.3, -0.25) is 0 Å². The molecule has 0 aromatic carbocycles. The minimum atomic E-state index is -3.14. The highest BCUT2D eigenvalue weighted by Crippen LogP contribution is 2.23. The summed E-state index contributed by atoms with van der Waals surface area (Å²) in [5.41, 5.74) is 0. The lowest BCUT2D eigenvalue weighted by atomic mass is 10.4. The molecule has 0 bridgehead atoms. The van der Waals surface area contributed by atoms with Gasteiger partial charge in [-0.1, -0.05) is 6.07 Å². The third-order valence-electron chi connectivity index (χ3n) is 2.15. The molecule has 2 rings (SSSR count). The summed E-state index contributed by atoms with van der Waals surface area (Å²) < 4.78 is 25.7. The van der Waals surface area contributed by atoms with E-state index in [-0.39, 0.29) is 0 Å². The summed E-state index contributed by atoms with van der Waals surface area (Å²) in [6.07, 6.45) is 1.98. The Hall–Kier alpha value is -0.390. The average Bonchev–Trinajstić information content (AvgIpc) is 2.78. The highest BCUT2D eigenvalue weighted by atomic mass is 32.2. The number of hydrogen-bond acceptors (Lipinski definition) is 3. The molecule has 1 saturated heterocycles. The summed E-state index contributed by atoms with van der Waals surface area (Å²) >= 11 is 1.29. The van der Waals surface area contributed by atoms with E-state index in [1.54, 1.807) is 21.8 Å². The molecule has 0 amide bonds. The van der Waals surface area contributed by atoms with Crippen molar-refractivity contribution in [1.82, 2.24) is 4.31 Å². The lowest BCUT2D eigenvalue weighted by Crippen LogP contribution is -2.27. The minimum absolute atomic E-state index is 0.467. The number of thiophene rings is 1. The first kappa shape index (κ1) is 9.18. The maximum absolute atomic E-state index is 11.8. The highest BCUT2D eigenvalue weighted by molar-refractivity contribution is 7.91. The van der Waals surface area contributed by atoms with Gasteiger partial charge in [-0.05, 0) is 24.3 Å². The fourth-order valence-corrected chi connectivity index (χ4v) is 4.13. The van der Waals surface area contributed by atoms with Gasteiger partial charge >= 0.3 is 0 Å². The lowest BCUT2D eigenvalue weighted by Gasteiger charge is -2.13. The topological polar surface area (TPSA) is 37.4 Å². The summed E-state index contributed by atoms with van der Waals surface area (Å²) in [6.45, 7) is 1.36. The van der Waals surface area contributed by atoms with Gasteiger partial charge in [0.1, 0.15) is 4.21 Å². The first-order chi connectivity index (χ1) is 6.21. The molecule has 13 heavy (non-hydrogen) atoms. The Bertz CT molecular complexity index is 363. The van der Waals surface area contributed by atoms with Crippen LogP contribution >= 0.6 is 11.3 Å². The fraction of sp³-hybridized carbons (Fsp3) is 0.500. The highest BCUT2D eigenvalue weighted by Gasteiger charge is 2.27. The molecule has 1 aliphatic heterocycles. The van der Waals surface area contributed by atoms with Gasteiger partial charge in [0.05, 0.1) is 0 Å². The van der Waals surface area contributed by atoms with E-state index < -0.39 is 10.0 Å². The van der Waals surface area contributed by atoms with E-state index in [9.17, 15) is 8.42 Å². The second kappa shape index (κ2) is 3.40. The van der Waals surface area contributed by atoms with Gasteiger partial charge in [0.25, 0.3) is 10.0 Å². The third kappa shape index (κ3) is 1.63. The number of hydrogen-bond donors (Lipinski definition) is 0. The van der Waals surface area contributed by atoms with E-state index >= 15 is 0 Å². The van der Waals surface area contributed by atoms with Crippen molar-refractivity contribution in [2.75, 3.05) is 13.1 Å². The summed E-state index contributed by atoms with van der Waals surface area (Å²) in [5.74, 6) is 0. The van der Waals surface area contributed by atoms with E-state index in [2.05, 4.69) is 0 Å². The van der Waals surface area contributed by atoms with E-state index in [0.717, 1.165) is 12.8 Å². The first-order valence-electron chi connectivity index (χ1n) is 4.25. The van der Waals surface area contributed by atoms with Crippen LogP contribution in [0.15, 0.2) is 21.7 Å². The third-order valence-corrected chi connectivity index (χ3v) is 5.43. The normalized spacial score (nSPS) is 19.4. The monoisotopic (exact) mass is 217 g/mol. The molecule has 0 aliphatic carbocycles. The molecular formula is C8H11NO2S2. The predicted octanol–water partition coefficient (Wildman–Crippen LogP) is 1.53. The van der Waals surface area contributed by atoms with Gasteiger partial charge in [0.15, 0.2) is 0 Å². The van der Waals surface area contributed by atoms with Crippen molar-refractivity contribution in [3.05, 3.63) is 17.5 Å². The van der Waals surface area contributed by atoms with E-state index in [1.807, 2.05) is 0 Å². The number of rotatable bonds is 2. The first-order valence-corrected chi connectivity index (χ1v) is 6.57. The molecule has 0 radical (unpaired) electrons. The SMILES string of the molecule is O=S(=O)(c1cccs1)N1CCCC1. The molecule has 5 heteroatoms. The van der Waals surface area contributed by atoms with Crippen LogP contribution in [0, 0.1) is 0 Å². The van der Waals surface area contributed by atoms with E-state index in [1.165, 1.54) is 11.3 Å². The van der Waals surface area contributed by atoms with Crippen molar-refractivity contribution in [2.24, 2.45) is 0 Å². The van der Waals surface area contributed by atoms with Crippen LogP contribution < -0.4 is 0 Å². The Kier molecular flexibility index (Phi) is 2.40. The van der Waals surface area contributed by atoms with Crippen molar-refractivity contribution < 1.29 is 8.42 Å². The van der Waals surface area contributed by atoms with Crippen LogP contribution in [0.3, 0.4) is 0 Å². The van der Waals surface area contributed by atoms with Crippen LogP contribution in [0.25, 0.3) is 0 Å². The fourth-order valence-electron chi connectivity index (χ4n) is 1.47. The van der Waals surface area contributed by atoms with Crippen molar-refractivity contribution >= 4 is 21.4 Å². The van der Waals surface area contributed by atoms with E-state index in [0.29, 0.717) is 17.3 Å². The van der Waals surface area contributed by atoms with Crippen LogP contribution in [0.2, 0.25) is 0 Å². The Morgan fingerprint density at radius 3 is 2.54 bits per heavy atom. The molecule has 72 valence electrons. The molecule has 3 nitrogen and oxygen atoms in total. The summed E-state index contributed by atoms with van der Waals surface area (Å²) in [5, 5.41) is 1.79. The van der Waals surface area contributed by atoms with Crippen LogP contribution in [0.5, 0.6) is 0 Å². The summed E-state index contributed by atoms with van der Waals surface area (Å²) in [4.78, 5) is 0. The maximum atomic E-state index is 11.8. The molecule has 0 N–H and O–H groups in total. The second-order valence-electron chi connectivity index (χ2n) is 3.04. The average molecular weight is 217 g/mol. The maximum Gasteiger partial charge on any atom is 0.252 e. The van der Waals surface area contributed by atoms with Crippen LogP contribution in [0.1, 0.15) is 12.8 Å². The molecule has 0 atom stereocenters. The predicted molar refractivity (Wildman–Crippen MR) is 52.3 cm³/mol. The molecule has 0 spiro atoms. The van der Waals surface area contributed by atoms with Crippen molar-refractivity contribution in [3.63, 3.8) is 0 Å². The van der Waals surface area contributed by atoms with Gasteiger partial charge in [-0.25, -0.2) is 8.42 Å². The summed E-state index contributed by atoms with van der Waals surface area (Å²) in [6, 6.07) is 3.44. The Morgan fingerprint density at radius 2 is 2.00 bits per heavy atom. The van der Waals surface area contributed by atoms with Crippen molar-refractivity contribution in [1.29, 1.82) is 0 Å². The van der Waals surface area contributed by atoms with Gasteiger partial charge in [0, 0.05) is 13.1 Å². The van der Waals surface area contributed by atoms with Gasteiger partial charge in [-0.2, -0.15) is 4.31 Å². The molecule has 1 aromatic heterocycles. The Morgan fingerprint density at radius 1 is 1.31 bits per heavy atom. The largest absolute Gasteiger partial charge is 0.252 e. The number of nitrogens with zero attached hydrogens (tertiary/aromatic N) is 1. The molecule has 1 aliphatic rings. The molecule has 0 saturated carbocycles. The minimum Gasteiger partial charge on any atom is -0.206 e. The van der Waals surface area contributed by atoms with Crippen LogP contribution in [0.4, 0.5) is 0 Å². The van der Waals surface area contributed by atoms with Crippen LogP contribution in [-0.4, -0.2) is 25.8 Å². The standard InChI is InChI=1S/C8H11NO2S2/c10-13(11,8-4-3-7-12-8)9-5-1-2-6-9/h3-4,7H,1-2,5-6H2. The van der Waals surface area contributed by atoms with Crippen molar-refractivity contribution in [2.45, 2.75) is 17.1 Å². The lowest BCUT2D eigenvalue weighted by molar-refractivity contribution is 0.479. The summed E-state index contributed by atoms with van der Waals surface area (Å²) in [7, 11) is -3.14. The zero-order chi connectivity index (χ0) is 9.31. The van der Waals surface area contributed by atoms with Gasteiger partial charge in [-0.15, -0.1) is 11.3 Å². The van der Waals surface area contributed by atoms with Crippen LogP contribution in [-0.2, 0) is 10.0 Å². The second-order valence-corrected chi connectivity index (χ2v) is 6.16.